The minimum atomic E-state index is 0.477. The van der Waals surface area contributed by atoms with E-state index in [1.54, 1.807) is 0 Å². The summed E-state index contributed by atoms with van der Waals surface area (Å²) in [5.74, 6) is 2.39. The Kier molecular flexibility index (Phi) is 3.63. The molecule has 6 heteroatoms. The highest BCUT2D eigenvalue weighted by molar-refractivity contribution is 7.99. The van der Waals surface area contributed by atoms with E-state index in [-0.39, 0.29) is 0 Å². The van der Waals surface area contributed by atoms with E-state index in [1.165, 1.54) is 11.5 Å². The van der Waals surface area contributed by atoms with Crippen LogP contribution in [0.25, 0.3) is 11.0 Å². The van der Waals surface area contributed by atoms with Crippen molar-refractivity contribution in [2.75, 3.05) is 11.5 Å². The van der Waals surface area contributed by atoms with Gasteiger partial charge in [-0.2, -0.15) is 11.8 Å². The minimum absolute atomic E-state index is 0.477. The van der Waals surface area contributed by atoms with Gasteiger partial charge in [-0.1, -0.05) is 23.2 Å². The maximum atomic E-state index is 6.11. The second kappa shape index (κ2) is 5.08. The van der Waals surface area contributed by atoms with Crippen LogP contribution < -0.4 is 0 Å². The second-order valence-electron chi connectivity index (χ2n) is 4.43. The SMILES string of the molecule is S=c1[nH]c2cc(Cl)c(Cl)cc2n1C1CCSCC1. The highest BCUT2D eigenvalue weighted by Crippen LogP contribution is 2.33. The van der Waals surface area contributed by atoms with Crippen LogP contribution in [0.5, 0.6) is 0 Å². The Morgan fingerprint density at radius 1 is 1.22 bits per heavy atom. The van der Waals surface area contributed by atoms with Crippen molar-refractivity contribution in [2.45, 2.75) is 18.9 Å². The number of thioether (sulfide) groups is 1. The molecule has 1 aliphatic rings. The van der Waals surface area contributed by atoms with Crippen LogP contribution in [0, 0.1) is 4.77 Å². The Hall–Kier alpha value is -0.160. The number of nitrogens with zero attached hydrogens (tertiary/aromatic N) is 1. The molecule has 1 N–H and O–H groups in total. The summed E-state index contributed by atoms with van der Waals surface area (Å²) in [6.45, 7) is 0. The second-order valence-corrected chi connectivity index (χ2v) is 6.85. The van der Waals surface area contributed by atoms with Crippen molar-refractivity contribution in [2.24, 2.45) is 0 Å². The minimum Gasteiger partial charge on any atom is -0.331 e. The van der Waals surface area contributed by atoms with Gasteiger partial charge < -0.3 is 9.55 Å². The lowest BCUT2D eigenvalue weighted by Gasteiger charge is -2.23. The summed E-state index contributed by atoms with van der Waals surface area (Å²) in [5, 5.41) is 1.14. The molecular weight excluding hydrogens is 307 g/mol. The van der Waals surface area contributed by atoms with Gasteiger partial charge >= 0.3 is 0 Å². The molecule has 0 amide bonds. The Labute approximate surface area is 125 Å². The highest BCUT2D eigenvalue weighted by Gasteiger charge is 2.19. The molecule has 1 aliphatic heterocycles. The fourth-order valence-electron chi connectivity index (χ4n) is 2.43. The molecule has 1 aromatic carbocycles. The normalized spacial score (nSPS) is 17.4. The molecule has 0 radical (unpaired) electrons. The number of hydrogen-bond donors (Lipinski definition) is 1. The number of hydrogen-bond acceptors (Lipinski definition) is 2. The van der Waals surface area contributed by atoms with Gasteiger partial charge in [-0.3, -0.25) is 0 Å². The van der Waals surface area contributed by atoms with Crippen molar-refractivity contribution in [1.82, 2.24) is 9.55 Å². The molecule has 0 aliphatic carbocycles. The summed E-state index contributed by atoms with van der Waals surface area (Å²) in [6, 6.07) is 4.24. The van der Waals surface area contributed by atoms with E-state index in [2.05, 4.69) is 9.55 Å². The molecule has 1 aromatic heterocycles. The van der Waals surface area contributed by atoms with Crippen LogP contribution in [0.3, 0.4) is 0 Å². The standard InChI is InChI=1S/C12H12Cl2N2S2/c13-8-5-10-11(6-9(8)14)16(12(17)15-10)7-1-3-18-4-2-7/h5-7H,1-4H2,(H,15,17). The van der Waals surface area contributed by atoms with Gasteiger partial charge in [0, 0.05) is 6.04 Å². The summed E-state index contributed by atoms with van der Waals surface area (Å²) in [4.78, 5) is 3.22. The van der Waals surface area contributed by atoms with E-state index >= 15 is 0 Å². The number of halogens is 2. The lowest BCUT2D eigenvalue weighted by atomic mass is 10.1. The first-order valence-electron chi connectivity index (χ1n) is 5.84. The predicted octanol–water partition coefficient (Wildman–Crippen LogP) is 5.07. The van der Waals surface area contributed by atoms with Gasteiger partial charge in [0.2, 0.25) is 0 Å². The zero-order valence-corrected chi connectivity index (χ0v) is 12.7. The third-order valence-electron chi connectivity index (χ3n) is 3.31. The number of aromatic amines is 1. The third kappa shape index (κ3) is 2.20. The lowest BCUT2D eigenvalue weighted by Crippen LogP contribution is -2.15. The molecule has 1 fully saturated rings. The highest BCUT2D eigenvalue weighted by atomic mass is 35.5. The van der Waals surface area contributed by atoms with Gasteiger partial charge in [0.15, 0.2) is 4.77 Å². The van der Waals surface area contributed by atoms with Crippen molar-refractivity contribution in [3.05, 3.63) is 26.9 Å². The molecule has 1 saturated heterocycles. The summed E-state index contributed by atoms with van der Waals surface area (Å²) >= 11 is 19.6. The Bertz CT molecular complexity index is 641. The largest absolute Gasteiger partial charge is 0.331 e. The van der Waals surface area contributed by atoms with E-state index < -0.39 is 0 Å². The first kappa shape index (κ1) is 12.9. The van der Waals surface area contributed by atoms with Crippen molar-refractivity contribution in [1.29, 1.82) is 0 Å². The quantitative estimate of drug-likeness (QED) is 0.740. The zero-order chi connectivity index (χ0) is 12.7. The van der Waals surface area contributed by atoms with Crippen LogP contribution in [-0.2, 0) is 0 Å². The molecule has 2 aromatic rings. The maximum Gasteiger partial charge on any atom is 0.178 e. The van der Waals surface area contributed by atoms with Crippen molar-refractivity contribution >= 4 is 58.2 Å². The summed E-state index contributed by atoms with van der Waals surface area (Å²) < 4.78 is 2.97. The number of H-pyrrole nitrogens is 1. The lowest BCUT2D eigenvalue weighted by molar-refractivity contribution is 0.476. The molecule has 96 valence electrons. The molecule has 18 heavy (non-hydrogen) atoms. The predicted molar refractivity (Wildman–Crippen MR) is 82.7 cm³/mol. The maximum absolute atomic E-state index is 6.11. The molecule has 2 nitrogen and oxygen atoms in total. The third-order valence-corrected chi connectivity index (χ3v) is 5.38. The van der Waals surface area contributed by atoms with Crippen LogP contribution in [-0.4, -0.2) is 21.1 Å². The van der Waals surface area contributed by atoms with Gasteiger partial charge in [-0.05, 0) is 48.7 Å². The fourth-order valence-corrected chi connectivity index (χ4v) is 4.19. The van der Waals surface area contributed by atoms with Crippen LogP contribution >= 0.6 is 47.2 Å². The summed E-state index contributed by atoms with van der Waals surface area (Å²) in [6.07, 6.45) is 2.32. The van der Waals surface area contributed by atoms with Crippen LogP contribution in [0.1, 0.15) is 18.9 Å². The average molecular weight is 319 g/mol. The van der Waals surface area contributed by atoms with E-state index in [9.17, 15) is 0 Å². The molecule has 3 rings (SSSR count). The van der Waals surface area contributed by atoms with Crippen LogP contribution in [0.15, 0.2) is 12.1 Å². The fraction of sp³-hybridized carbons (Fsp3) is 0.417. The van der Waals surface area contributed by atoms with Gasteiger partial charge in [0.25, 0.3) is 0 Å². The average Bonchev–Trinajstić information content (AvgIpc) is 2.66. The number of benzene rings is 1. The molecule has 0 unspecified atom stereocenters. The number of rotatable bonds is 1. The first-order valence-corrected chi connectivity index (χ1v) is 8.15. The van der Waals surface area contributed by atoms with Gasteiger partial charge in [-0.15, -0.1) is 0 Å². The van der Waals surface area contributed by atoms with Gasteiger partial charge in [0.05, 0.1) is 21.1 Å². The Balaban J connectivity index is 2.18. The Morgan fingerprint density at radius 2 is 1.89 bits per heavy atom. The molecule has 0 saturated carbocycles. The van der Waals surface area contributed by atoms with Crippen LogP contribution in [0.4, 0.5) is 0 Å². The Morgan fingerprint density at radius 3 is 2.61 bits per heavy atom. The van der Waals surface area contributed by atoms with E-state index in [0.717, 1.165) is 28.6 Å². The molecular formula is C12H12Cl2N2S2. The van der Waals surface area contributed by atoms with E-state index in [0.29, 0.717) is 16.1 Å². The summed E-state index contributed by atoms with van der Waals surface area (Å²) in [5.41, 5.74) is 2.03. The topological polar surface area (TPSA) is 20.7 Å². The van der Waals surface area contributed by atoms with Crippen molar-refractivity contribution < 1.29 is 0 Å². The zero-order valence-electron chi connectivity index (χ0n) is 9.58. The number of nitrogens with one attached hydrogen (secondary N) is 1. The molecule has 0 bridgehead atoms. The van der Waals surface area contributed by atoms with Crippen molar-refractivity contribution in [3.8, 4) is 0 Å². The number of aromatic nitrogens is 2. The molecule has 0 atom stereocenters. The van der Waals surface area contributed by atoms with E-state index in [4.69, 9.17) is 35.4 Å². The smallest absolute Gasteiger partial charge is 0.178 e. The van der Waals surface area contributed by atoms with Gasteiger partial charge in [0.1, 0.15) is 0 Å². The number of fused-ring (bicyclic) bond motifs is 1. The van der Waals surface area contributed by atoms with Crippen LogP contribution in [0.2, 0.25) is 10.0 Å². The van der Waals surface area contributed by atoms with Crippen molar-refractivity contribution in [3.63, 3.8) is 0 Å². The monoisotopic (exact) mass is 318 g/mol. The van der Waals surface area contributed by atoms with Gasteiger partial charge in [-0.25, -0.2) is 0 Å². The molecule has 2 heterocycles. The summed E-state index contributed by atoms with van der Waals surface area (Å²) in [7, 11) is 0. The number of imidazole rings is 1. The molecule has 0 spiro atoms. The first-order chi connectivity index (χ1) is 8.66. The van der Waals surface area contributed by atoms with E-state index in [1.807, 2.05) is 23.9 Å².